The van der Waals surface area contributed by atoms with Crippen LogP contribution in [-0.2, 0) is 9.59 Å². The van der Waals surface area contributed by atoms with Gasteiger partial charge in [-0.25, -0.2) is 0 Å². The van der Waals surface area contributed by atoms with E-state index < -0.39 is 11.9 Å². The van der Waals surface area contributed by atoms with E-state index in [2.05, 4.69) is 12.2 Å². The summed E-state index contributed by atoms with van der Waals surface area (Å²) >= 11 is 0. The number of nitrogens with one attached hydrogen (secondary N) is 1. The fourth-order valence-corrected chi connectivity index (χ4v) is 1.68. The van der Waals surface area contributed by atoms with Gasteiger partial charge in [0, 0.05) is 6.42 Å². The third-order valence-electron chi connectivity index (χ3n) is 2.62. The number of amides is 2. The smallest absolute Gasteiger partial charge is 0.239 e. The largest absolute Gasteiger partial charge is 0.368 e. The Morgan fingerprint density at radius 2 is 1.82 bits per heavy atom. The summed E-state index contributed by atoms with van der Waals surface area (Å²) in [7, 11) is 0. The highest BCUT2D eigenvalue weighted by Crippen LogP contribution is 2.06. The molecule has 0 bridgehead atoms. The molecular formula is C13H26N2O2. The lowest BCUT2D eigenvalue weighted by molar-refractivity contribution is -0.128. The van der Waals surface area contributed by atoms with Crippen molar-refractivity contribution >= 4 is 11.8 Å². The molecule has 0 heterocycles. The highest BCUT2D eigenvalue weighted by Gasteiger charge is 2.17. The lowest BCUT2D eigenvalue weighted by Crippen LogP contribution is -2.44. The Kier molecular flexibility index (Phi) is 8.46. The number of hydrogen-bond donors (Lipinski definition) is 2. The van der Waals surface area contributed by atoms with E-state index in [9.17, 15) is 9.59 Å². The first-order valence-electron chi connectivity index (χ1n) is 6.56. The highest BCUT2D eigenvalue weighted by molar-refractivity contribution is 5.86. The number of unbranched alkanes of at least 4 members (excludes halogenated alkanes) is 3. The standard InChI is InChI=1S/C13H26N2O2/c1-4-5-6-7-8-11(13(14)17)15-12(16)9-10(2)3/h10-11H,4-9H2,1-3H3,(H2,14,17)(H,15,16)/t11-/m1/s1. The molecule has 0 radical (unpaired) electrons. The fraction of sp³-hybridized carbons (Fsp3) is 0.846. The summed E-state index contributed by atoms with van der Waals surface area (Å²) < 4.78 is 0. The summed E-state index contributed by atoms with van der Waals surface area (Å²) in [6, 6.07) is -0.502. The van der Waals surface area contributed by atoms with Crippen molar-refractivity contribution in [3.8, 4) is 0 Å². The molecule has 0 saturated carbocycles. The van der Waals surface area contributed by atoms with Crippen LogP contribution in [0.4, 0.5) is 0 Å². The topological polar surface area (TPSA) is 72.2 Å². The van der Waals surface area contributed by atoms with Gasteiger partial charge in [0.15, 0.2) is 0 Å². The molecule has 0 aromatic carbocycles. The number of nitrogens with two attached hydrogens (primary N) is 1. The summed E-state index contributed by atoms with van der Waals surface area (Å²) in [5.74, 6) is -0.221. The summed E-state index contributed by atoms with van der Waals surface area (Å²) in [6.45, 7) is 6.08. The van der Waals surface area contributed by atoms with E-state index in [1.165, 1.54) is 0 Å². The Bertz CT molecular complexity index is 240. The average Bonchev–Trinajstić information content (AvgIpc) is 2.21. The monoisotopic (exact) mass is 242 g/mol. The van der Waals surface area contributed by atoms with E-state index in [1.54, 1.807) is 0 Å². The summed E-state index contributed by atoms with van der Waals surface area (Å²) in [4.78, 5) is 22.7. The van der Waals surface area contributed by atoms with Crippen molar-refractivity contribution in [2.45, 2.75) is 65.3 Å². The molecule has 0 aliphatic carbocycles. The second kappa shape index (κ2) is 9.02. The van der Waals surface area contributed by atoms with E-state index in [0.717, 1.165) is 25.7 Å². The first-order chi connectivity index (χ1) is 7.97. The molecule has 100 valence electrons. The highest BCUT2D eigenvalue weighted by atomic mass is 16.2. The van der Waals surface area contributed by atoms with Crippen molar-refractivity contribution < 1.29 is 9.59 Å². The minimum Gasteiger partial charge on any atom is -0.368 e. The minimum absolute atomic E-state index is 0.0840. The second-order valence-electron chi connectivity index (χ2n) is 4.97. The zero-order chi connectivity index (χ0) is 13.3. The zero-order valence-electron chi connectivity index (χ0n) is 11.3. The van der Waals surface area contributed by atoms with Crippen LogP contribution >= 0.6 is 0 Å². The van der Waals surface area contributed by atoms with Crippen LogP contribution < -0.4 is 11.1 Å². The van der Waals surface area contributed by atoms with Crippen molar-refractivity contribution in [3.05, 3.63) is 0 Å². The normalized spacial score (nSPS) is 12.5. The Morgan fingerprint density at radius 1 is 1.18 bits per heavy atom. The molecule has 0 aromatic rings. The van der Waals surface area contributed by atoms with Gasteiger partial charge in [-0.15, -0.1) is 0 Å². The maximum absolute atomic E-state index is 11.5. The average molecular weight is 242 g/mol. The maximum atomic E-state index is 11.5. The molecule has 4 nitrogen and oxygen atoms in total. The van der Waals surface area contributed by atoms with Crippen molar-refractivity contribution in [1.82, 2.24) is 5.32 Å². The van der Waals surface area contributed by atoms with E-state index in [4.69, 9.17) is 5.73 Å². The molecule has 0 fully saturated rings. The molecule has 3 N–H and O–H groups in total. The molecule has 0 saturated heterocycles. The number of rotatable bonds is 9. The van der Waals surface area contributed by atoms with Gasteiger partial charge in [-0.3, -0.25) is 9.59 Å². The second-order valence-corrected chi connectivity index (χ2v) is 4.97. The van der Waals surface area contributed by atoms with E-state index >= 15 is 0 Å². The van der Waals surface area contributed by atoms with Gasteiger partial charge in [0.25, 0.3) is 0 Å². The predicted octanol–water partition coefficient (Wildman–Crippen LogP) is 1.97. The van der Waals surface area contributed by atoms with Crippen LogP contribution in [0.15, 0.2) is 0 Å². The molecular weight excluding hydrogens is 216 g/mol. The molecule has 1 atom stereocenters. The van der Waals surface area contributed by atoms with Crippen LogP contribution in [0.25, 0.3) is 0 Å². The van der Waals surface area contributed by atoms with Crippen LogP contribution in [0.2, 0.25) is 0 Å². The Labute approximate surface area is 104 Å². The molecule has 0 aromatic heterocycles. The van der Waals surface area contributed by atoms with Gasteiger partial charge in [-0.1, -0.05) is 46.5 Å². The van der Waals surface area contributed by atoms with Crippen molar-refractivity contribution in [2.24, 2.45) is 11.7 Å². The first-order valence-corrected chi connectivity index (χ1v) is 6.56. The molecule has 4 heteroatoms. The third kappa shape index (κ3) is 8.72. The Balaban J connectivity index is 3.98. The van der Waals surface area contributed by atoms with E-state index in [0.29, 0.717) is 18.8 Å². The van der Waals surface area contributed by atoms with Crippen molar-refractivity contribution in [2.75, 3.05) is 0 Å². The van der Waals surface area contributed by atoms with Crippen LogP contribution in [0.5, 0.6) is 0 Å². The van der Waals surface area contributed by atoms with Crippen molar-refractivity contribution in [3.63, 3.8) is 0 Å². The predicted molar refractivity (Wildman–Crippen MR) is 69.3 cm³/mol. The van der Waals surface area contributed by atoms with Gasteiger partial charge >= 0.3 is 0 Å². The van der Waals surface area contributed by atoms with Gasteiger partial charge in [0.05, 0.1) is 0 Å². The number of hydrogen-bond acceptors (Lipinski definition) is 2. The van der Waals surface area contributed by atoms with E-state index in [1.807, 2.05) is 13.8 Å². The Hall–Kier alpha value is -1.06. The summed E-state index contributed by atoms with van der Waals surface area (Å²) in [5.41, 5.74) is 5.28. The van der Waals surface area contributed by atoms with Gasteiger partial charge in [-0.05, 0) is 12.3 Å². The first kappa shape index (κ1) is 15.9. The lowest BCUT2D eigenvalue weighted by Gasteiger charge is -2.16. The molecule has 0 aliphatic heterocycles. The van der Waals surface area contributed by atoms with Crippen LogP contribution in [0, 0.1) is 5.92 Å². The summed E-state index contributed by atoms with van der Waals surface area (Å²) in [5, 5.41) is 2.71. The van der Waals surface area contributed by atoms with Gasteiger partial charge < -0.3 is 11.1 Å². The van der Waals surface area contributed by atoms with Crippen LogP contribution in [0.3, 0.4) is 0 Å². The number of primary amides is 1. The third-order valence-corrected chi connectivity index (χ3v) is 2.62. The SMILES string of the molecule is CCCCCC[C@@H](NC(=O)CC(C)C)C(N)=O. The number of carbonyl (C=O) groups excluding carboxylic acids is 2. The van der Waals surface area contributed by atoms with Crippen molar-refractivity contribution in [1.29, 1.82) is 0 Å². The van der Waals surface area contributed by atoms with Gasteiger partial charge in [-0.2, -0.15) is 0 Å². The minimum atomic E-state index is -0.502. The van der Waals surface area contributed by atoms with E-state index in [-0.39, 0.29) is 5.91 Å². The van der Waals surface area contributed by atoms with Gasteiger partial charge in [0.2, 0.25) is 11.8 Å². The van der Waals surface area contributed by atoms with Gasteiger partial charge in [0.1, 0.15) is 6.04 Å². The zero-order valence-corrected chi connectivity index (χ0v) is 11.3. The lowest BCUT2D eigenvalue weighted by atomic mass is 10.1. The van der Waals surface area contributed by atoms with Crippen LogP contribution in [0.1, 0.15) is 59.3 Å². The maximum Gasteiger partial charge on any atom is 0.239 e. The quantitative estimate of drug-likeness (QED) is 0.607. The fourth-order valence-electron chi connectivity index (χ4n) is 1.68. The summed E-state index contributed by atoms with van der Waals surface area (Å²) in [6.07, 6.45) is 5.42. The molecule has 0 unspecified atom stereocenters. The number of carbonyl (C=O) groups is 2. The Morgan fingerprint density at radius 3 is 2.29 bits per heavy atom. The van der Waals surface area contributed by atoms with Crippen LogP contribution in [-0.4, -0.2) is 17.9 Å². The molecule has 2 amide bonds. The molecule has 0 aliphatic rings. The molecule has 0 rings (SSSR count). The molecule has 17 heavy (non-hydrogen) atoms. The molecule has 0 spiro atoms.